The van der Waals surface area contributed by atoms with Crippen LogP contribution < -0.4 is 5.32 Å². The summed E-state index contributed by atoms with van der Waals surface area (Å²) in [5, 5.41) is 13.8. The van der Waals surface area contributed by atoms with Crippen LogP contribution in [0.5, 0.6) is 0 Å². The van der Waals surface area contributed by atoms with E-state index >= 15 is 0 Å². The number of Topliss-reactive ketones (excluding diaryl/α,β-unsaturated/α-hetero) is 1. The van der Waals surface area contributed by atoms with Crippen LogP contribution >= 0.6 is 0 Å². The van der Waals surface area contributed by atoms with Crippen molar-refractivity contribution in [3.8, 4) is 0 Å². The molecule has 0 bridgehead atoms. The van der Waals surface area contributed by atoms with Gasteiger partial charge in [0.15, 0.2) is 5.78 Å². The van der Waals surface area contributed by atoms with Crippen molar-refractivity contribution in [1.29, 1.82) is 0 Å². The van der Waals surface area contributed by atoms with Crippen molar-refractivity contribution < 1.29 is 43.3 Å². The van der Waals surface area contributed by atoms with E-state index < -0.39 is 54.4 Å². The van der Waals surface area contributed by atoms with Crippen LogP contribution in [0.25, 0.3) is 0 Å². The number of carbonyl (C=O) groups is 5. The van der Waals surface area contributed by atoms with E-state index in [1.54, 1.807) is 52.0 Å². The maximum Gasteiger partial charge on any atom is 0.410 e. The Balaban J connectivity index is 1.75. The van der Waals surface area contributed by atoms with Crippen LogP contribution in [-0.2, 0) is 40.0 Å². The minimum absolute atomic E-state index is 0.00681. The monoisotopic (exact) mass is 865 g/mol. The number of aryl methyl sites for hydroxylation is 1. The van der Waals surface area contributed by atoms with E-state index in [0.717, 1.165) is 17.5 Å². The number of hydrogen-bond acceptors (Lipinski definition) is 9. The second-order valence-corrected chi connectivity index (χ2v) is 18.1. The standard InChI is InChI=1S/C49H76N4O9/c1-14-33(7)44(51(10)48(58)38(30(2)3)27-40(54)43(31(4)5)52(11)49(59)62-29-36-24-22-32(6)23-25-36)41(60-12)28-42(55)53-26-18-21-39(53)46(61-13)34(8)47(57)50-35(9)45(56)37-19-16-15-17-20-37/h15-17,19-20,22-25,30-31,33-35,38-39,41,43-46,56H,14,18,21,26-29H2,1-13H3,(H,50,57)/t33-,34+,35+,38-,39-,41+,43-,44-,45+,46+/m0/s1. The topological polar surface area (TPSA) is 155 Å². The fourth-order valence-electron chi connectivity index (χ4n) is 8.97. The molecule has 2 N–H and O–H groups in total. The van der Waals surface area contributed by atoms with Gasteiger partial charge in [0.25, 0.3) is 0 Å². The molecule has 346 valence electrons. The van der Waals surface area contributed by atoms with Crippen LogP contribution in [0, 0.1) is 36.5 Å². The fraction of sp³-hybridized carbons (Fsp3) is 0.653. The zero-order valence-electron chi connectivity index (χ0n) is 39.6. The fourth-order valence-corrected chi connectivity index (χ4v) is 8.97. The number of likely N-dealkylation sites (N-methyl/N-ethyl adjacent to an activating group) is 2. The number of benzene rings is 2. The SMILES string of the molecule is CC[C@H](C)[C@@H]([C@@H](CC(=O)N1CCC[C@H]1[C@H](OC)[C@@H](C)C(=O)N[C@H](C)[C@@H](O)c1ccccc1)OC)N(C)C(=O)[C@@H](CC(=O)[C@H](C(C)C)N(C)C(=O)OCc1ccc(C)cc1)C(C)C. The maximum atomic E-state index is 14.6. The molecule has 10 atom stereocenters. The Morgan fingerprint density at radius 2 is 1.48 bits per heavy atom. The number of ether oxygens (including phenoxy) is 3. The van der Waals surface area contributed by atoms with Crippen molar-refractivity contribution >= 4 is 29.6 Å². The minimum Gasteiger partial charge on any atom is -0.445 e. The molecule has 0 aliphatic carbocycles. The Bertz CT molecular complexity index is 1740. The Labute approximate surface area is 371 Å². The molecule has 0 radical (unpaired) electrons. The third kappa shape index (κ3) is 13.6. The lowest BCUT2D eigenvalue weighted by molar-refractivity contribution is -0.149. The Kier molecular flexibility index (Phi) is 20.6. The summed E-state index contributed by atoms with van der Waals surface area (Å²) in [7, 11) is 6.38. The molecular weight excluding hydrogens is 789 g/mol. The molecule has 13 heteroatoms. The Morgan fingerprint density at radius 3 is 2.03 bits per heavy atom. The number of amides is 4. The number of hydrogen-bond donors (Lipinski definition) is 2. The van der Waals surface area contributed by atoms with Crippen molar-refractivity contribution in [3.05, 3.63) is 71.3 Å². The van der Waals surface area contributed by atoms with Crippen LogP contribution in [0.2, 0.25) is 0 Å². The van der Waals surface area contributed by atoms with Gasteiger partial charge in [-0.15, -0.1) is 0 Å². The molecule has 0 aromatic heterocycles. The molecule has 13 nitrogen and oxygen atoms in total. The predicted octanol–water partition coefficient (Wildman–Crippen LogP) is 6.98. The van der Waals surface area contributed by atoms with E-state index in [4.69, 9.17) is 14.2 Å². The number of aliphatic hydroxyl groups is 1. The molecule has 1 aliphatic rings. The number of nitrogens with zero attached hydrogens (tertiary/aromatic N) is 3. The first kappa shape index (κ1) is 52.0. The molecule has 3 rings (SSSR count). The largest absolute Gasteiger partial charge is 0.445 e. The lowest BCUT2D eigenvalue weighted by atomic mass is 9.83. The molecule has 1 heterocycles. The second-order valence-electron chi connectivity index (χ2n) is 18.1. The lowest BCUT2D eigenvalue weighted by Crippen LogP contribution is -2.55. The first-order chi connectivity index (χ1) is 29.3. The van der Waals surface area contributed by atoms with Gasteiger partial charge >= 0.3 is 6.09 Å². The van der Waals surface area contributed by atoms with E-state index in [0.29, 0.717) is 24.9 Å². The Morgan fingerprint density at radius 1 is 0.855 bits per heavy atom. The predicted molar refractivity (Wildman–Crippen MR) is 241 cm³/mol. The van der Waals surface area contributed by atoms with Gasteiger partial charge in [0.05, 0.1) is 54.8 Å². The summed E-state index contributed by atoms with van der Waals surface area (Å²) in [4.78, 5) is 74.6. The first-order valence-corrected chi connectivity index (χ1v) is 22.4. The van der Waals surface area contributed by atoms with Crippen LogP contribution in [0.1, 0.15) is 110 Å². The van der Waals surface area contributed by atoms with Gasteiger partial charge in [0.1, 0.15) is 6.61 Å². The van der Waals surface area contributed by atoms with Gasteiger partial charge in [-0.1, -0.05) is 115 Å². The van der Waals surface area contributed by atoms with Gasteiger partial charge in [0, 0.05) is 47.2 Å². The molecule has 0 unspecified atom stereocenters. The van der Waals surface area contributed by atoms with Crippen LogP contribution in [0.4, 0.5) is 4.79 Å². The number of nitrogens with one attached hydrogen (secondary N) is 1. The van der Waals surface area contributed by atoms with Gasteiger partial charge in [0.2, 0.25) is 17.7 Å². The average Bonchev–Trinajstić information content (AvgIpc) is 3.74. The number of aliphatic hydroxyl groups excluding tert-OH is 1. The van der Waals surface area contributed by atoms with E-state index in [9.17, 15) is 29.1 Å². The number of rotatable bonds is 23. The number of methoxy groups -OCH3 is 2. The molecule has 2 aromatic carbocycles. The molecular formula is C49H76N4O9. The zero-order valence-corrected chi connectivity index (χ0v) is 39.6. The maximum absolute atomic E-state index is 14.6. The summed E-state index contributed by atoms with van der Waals surface area (Å²) >= 11 is 0. The van der Waals surface area contributed by atoms with Crippen LogP contribution in [0.3, 0.4) is 0 Å². The molecule has 62 heavy (non-hydrogen) atoms. The minimum atomic E-state index is -0.895. The number of carbonyl (C=O) groups excluding carboxylic acids is 5. The highest BCUT2D eigenvalue weighted by atomic mass is 16.6. The van der Waals surface area contributed by atoms with E-state index in [1.165, 1.54) is 4.90 Å². The van der Waals surface area contributed by atoms with Crippen molar-refractivity contribution in [3.63, 3.8) is 0 Å². The summed E-state index contributed by atoms with van der Waals surface area (Å²) in [5.41, 5.74) is 2.63. The van der Waals surface area contributed by atoms with Gasteiger partial charge in [-0.2, -0.15) is 0 Å². The summed E-state index contributed by atoms with van der Waals surface area (Å²) in [5.74, 6) is -2.75. The lowest BCUT2D eigenvalue weighted by Gasteiger charge is -2.41. The third-order valence-corrected chi connectivity index (χ3v) is 12.9. The molecule has 4 amide bonds. The van der Waals surface area contributed by atoms with Crippen molar-refractivity contribution in [1.82, 2.24) is 20.0 Å². The zero-order chi connectivity index (χ0) is 46.4. The highest BCUT2D eigenvalue weighted by molar-refractivity contribution is 5.92. The smallest absolute Gasteiger partial charge is 0.410 e. The van der Waals surface area contributed by atoms with Gasteiger partial charge in [-0.25, -0.2) is 4.79 Å². The van der Waals surface area contributed by atoms with Crippen LogP contribution in [0.15, 0.2) is 54.6 Å². The highest BCUT2D eigenvalue weighted by Crippen LogP contribution is 2.31. The summed E-state index contributed by atoms with van der Waals surface area (Å²) in [6.45, 7) is 17.7. The molecule has 1 aliphatic heterocycles. The number of likely N-dealkylation sites (tertiary alicyclic amines) is 1. The van der Waals surface area contributed by atoms with Gasteiger partial charge in [-0.3, -0.25) is 19.2 Å². The average molecular weight is 865 g/mol. The Hall–Kier alpha value is -4.33. The quantitative estimate of drug-likeness (QED) is 0.121. The van der Waals surface area contributed by atoms with Crippen LogP contribution in [-0.4, -0.2) is 121 Å². The van der Waals surface area contributed by atoms with Crippen molar-refractivity contribution in [2.24, 2.45) is 29.6 Å². The number of ketones is 1. The van der Waals surface area contributed by atoms with E-state index in [2.05, 4.69) is 5.32 Å². The summed E-state index contributed by atoms with van der Waals surface area (Å²) < 4.78 is 17.6. The van der Waals surface area contributed by atoms with Crippen molar-refractivity contribution in [2.45, 2.75) is 144 Å². The van der Waals surface area contributed by atoms with E-state index in [-0.39, 0.29) is 66.7 Å². The second kappa shape index (κ2) is 24.5. The molecule has 2 aromatic rings. The summed E-state index contributed by atoms with van der Waals surface area (Å²) in [6, 6.07) is 14.6. The first-order valence-electron chi connectivity index (χ1n) is 22.4. The molecule has 1 saturated heterocycles. The van der Waals surface area contributed by atoms with E-state index in [1.807, 2.05) is 103 Å². The van der Waals surface area contributed by atoms with Crippen molar-refractivity contribution in [2.75, 3.05) is 34.9 Å². The normalized spacial score (nSPS) is 18.5. The van der Waals surface area contributed by atoms with Gasteiger partial charge < -0.3 is 39.3 Å². The molecule has 0 saturated carbocycles. The third-order valence-electron chi connectivity index (χ3n) is 12.9. The molecule has 1 fully saturated rings. The highest BCUT2D eigenvalue weighted by Gasteiger charge is 2.43. The summed E-state index contributed by atoms with van der Waals surface area (Å²) in [6.07, 6.45) is -0.783. The van der Waals surface area contributed by atoms with Gasteiger partial charge in [-0.05, 0) is 55.6 Å². The molecule has 0 spiro atoms.